The van der Waals surface area contributed by atoms with Crippen molar-refractivity contribution in [3.8, 4) is 6.07 Å². The number of aryl methyl sites for hydroxylation is 1. The van der Waals surface area contributed by atoms with Gasteiger partial charge in [0.05, 0.1) is 5.56 Å². The van der Waals surface area contributed by atoms with Crippen LogP contribution < -0.4 is 4.90 Å². The highest BCUT2D eigenvalue weighted by Gasteiger charge is 2.16. The molecule has 3 nitrogen and oxygen atoms in total. The third kappa shape index (κ3) is 2.52. The van der Waals surface area contributed by atoms with E-state index in [4.69, 9.17) is 0 Å². The maximum Gasteiger partial charge on any atom is 0.146 e. The Labute approximate surface area is 97.7 Å². The molecule has 3 heteroatoms. The average Bonchev–Trinajstić information content (AvgIpc) is 2.25. The van der Waals surface area contributed by atoms with E-state index < -0.39 is 0 Å². The normalized spacial score (nSPS) is 10.2. The van der Waals surface area contributed by atoms with Crippen molar-refractivity contribution < 1.29 is 0 Å². The predicted octanol–water partition coefficient (Wildman–Crippen LogP) is 2.89. The van der Waals surface area contributed by atoms with Gasteiger partial charge in [0.2, 0.25) is 0 Å². The molecule has 1 aromatic rings. The van der Waals surface area contributed by atoms with Crippen LogP contribution >= 0.6 is 0 Å². The molecule has 0 aromatic carbocycles. The molecule has 0 amide bonds. The van der Waals surface area contributed by atoms with Gasteiger partial charge in [-0.1, -0.05) is 6.92 Å². The standard InChI is InChI=1S/C13H19N3/c1-5-8-16(10(2)3)13-12(9-14)11(4)6-7-15-13/h6-7,10H,5,8H2,1-4H3. The molecule has 16 heavy (non-hydrogen) atoms. The summed E-state index contributed by atoms with van der Waals surface area (Å²) >= 11 is 0. The summed E-state index contributed by atoms with van der Waals surface area (Å²) in [5, 5.41) is 9.18. The van der Waals surface area contributed by atoms with Crippen molar-refractivity contribution in [1.29, 1.82) is 5.26 Å². The van der Waals surface area contributed by atoms with Gasteiger partial charge in [0.25, 0.3) is 0 Å². The van der Waals surface area contributed by atoms with Gasteiger partial charge in [0.1, 0.15) is 11.9 Å². The summed E-state index contributed by atoms with van der Waals surface area (Å²) in [6, 6.07) is 4.50. The molecule has 0 unspecified atom stereocenters. The van der Waals surface area contributed by atoms with Gasteiger partial charge >= 0.3 is 0 Å². The largest absolute Gasteiger partial charge is 0.353 e. The molecular formula is C13H19N3. The van der Waals surface area contributed by atoms with Gasteiger partial charge in [-0.15, -0.1) is 0 Å². The predicted molar refractivity (Wildman–Crippen MR) is 66.5 cm³/mol. The molecule has 1 heterocycles. The fourth-order valence-corrected chi connectivity index (χ4v) is 1.75. The van der Waals surface area contributed by atoms with E-state index in [9.17, 15) is 5.26 Å². The van der Waals surface area contributed by atoms with E-state index in [0.29, 0.717) is 11.6 Å². The summed E-state index contributed by atoms with van der Waals surface area (Å²) in [6.45, 7) is 9.27. The zero-order valence-corrected chi connectivity index (χ0v) is 10.5. The van der Waals surface area contributed by atoms with Gasteiger partial charge in [0.15, 0.2) is 0 Å². The van der Waals surface area contributed by atoms with Crippen molar-refractivity contribution in [2.45, 2.75) is 40.2 Å². The lowest BCUT2D eigenvalue weighted by atomic mass is 10.1. The Morgan fingerprint density at radius 2 is 2.19 bits per heavy atom. The molecule has 0 fully saturated rings. The smallest absolute Gasteiger partial charge is 0.146 e. The highest BCUT2D eigenvalue weighted by Crippen LogP contribution is 2.22. The minimum Gasteiger partial charge on any atom is -0.353 e. The highest BCUT2D eigenvalue weighted by atomic mass is 15.2. The Morgan fingerprint density at radius 1 is 1.50 bits per heavy atom. The number of nitrogens with zero attached hydrogens (tertiary/aromatic N) is 3. The van der Waals surface area contributed by atoms with Crippen molar-refractivity contribution in [1.82, 2.24) is 4.98 Å². The van der Waals surface area contributed by atoms with Gasteiger partial charge in [-0.05, 0) is 38.8 Å². The monoisotopic (exact) mass is 217 g/mol. The quantitative estimate of drug-likeness (QED) is 0.778. The van der Waals surface area contributed by atoms with Crippen LogP contribution in [-0.2, 0) is 0 Å². The molecule has 0 atom stereocenters. The molecule has 0 aliphatic carbocycles. The Balaban J connectivity index is 3.19. The fraction of sp³-hybridized carbons (Fsp3) is 0.538. The van der Waals surface area contributed by atoms with Crippen LogP contribution in [0.3, 0.4) is 0 Å². The summed E-state index contributed by atoms with van der Waals surface area (Å²) in [6.07, 6.45) is 2.83. The zero-order valence-electron chi connectivity index (χ0n) is 10.5. The minimum absolute atomic E-state index is 0.362. The first kappa shape index (κ1) is 12.5. The van der Waals surface area contributed by atoms with Crippen LogP contribution in [0.4, 0.5) is 5.82 Å². The van der Waals surface area contributed by atoms with Crippen molar-refractivity contribution in [3.63, 3.8) is 0 Å². The SMILES string of the molecule is CCCN(c1nccc(C)c1C#N)C(C)C. The van der Waals surface area contributed by atoms with Gasteiger partial charge < -0.3 is 4.90 Å². The van der Waals surface area contributed by atoms with Crippen molar-refractivity contribution in [3.05, 3.63) is 23.4 Å². The molecule has 0 aliphatic rings. The summed E-state index contributed by atoms with van der Waals surface area (Å²) in [7, 11) is 0. The summed E-state index contributed by atoms with van der Waals surface area (Å²) in [4.78, 5) is 6.54. The van der Waals surface area contributed by atoms with Crippen LogP contribution in [0.25, 0.3) is 0 Å². The van der Waals surface area contributed by atoms with E-state index in [1.165, 1.54) is 0 Å². The number of anilines is 1. The Morgan fingerprint density at radius 3 is 2.69 bits per heavy atom. The summed E-state index contributed by atoms with van der Waals surface area (Å²) in [5.74, 6) is 0.819. The number of hydrogen-bond acceptors (Lipinski definition) is 3. The number of pyridine rings is 1. The molecule has 0 N–H and O–H groups in total. The number of hydrogen-bond donors (Lipinski definition) is 0. The molecule has 0 aliphatic heterocycles. The molecule has 1 aromatic heterocycles. The first-order chi connectivity index (χ1) is 7.61. The second kappa shape index (κ2) is 5.50. The molecule has 0 radical (unpaired) electrons. The zero-order chi connectivity index (χ0) is 12.1. The third-order valence-electron chi connectivity index (χ3n) is 2.61. The first-order valence-electron chi connectivity index (χ1n) is 5.74. The van der Waals surface area contributed by atoms with Crippen LogP contribution in [-0.4, -0.2) is 17.6 Å². The van der Waals surface area contributed by atoms with Crippen LogP contribution in [0.1, 0.15) is 38.3 Å². The molecule has 86 valence electrons. The Bertz CT molecular complexity index is 391. The maximum absolute atomic E-state index is 9.18. The molecule has 0 bridgehead atoms. The van der Waals surface area contributed by atoms with E-state index >= 15 is 0 Å². The van der Waals surface area contributed by atoms with E-state index in [1.807, 2.05) is 13.0 Å². The van der Waals surface area contributed by atoms with Crippen molar-refractivity contribution in [2.75, 3.05) is 11.4 Å². The van der Waals surface area contributed by atoms with E-state index in [0.717, 1.165) is 24.3 Å². The van der Waals surface area contributed by atoms with Crippen molar-refractivity contribution >= 4 is 5.82 Å². The van der Waals surface area contributed by atoms with E-state index in [2.05, 4.69) is 36.7 Å². The summed E-state index contributed by atoms with van der Waals surface area (Å²) in [5.41, 5.74) is 1.69. The van der Waals surface area contributed by atoms with Crippen LogP contribution in [0, 0.1) is 18.3 Å². The third-order valence-corrected chi connectivity index (χ3v) is 2.61. The second-order valence-corrected chi connectivity index (χ2v) is 4.23. The van der Waals surface area contributed by atoms with Crippen LogP contribution in [0.2, 0.25) is 0 Å². The van der Waals surface area contributed by atoms with Crippen molar-refractivity contribution in [2.24, 2.45) is 0 Å². The van der Waals surface area contributed by atoms with Gasteiger partial charge in [-0.3, -0.25) is 0 Å². The van der Waals surface area contributed by atoms with Crippen LogP contribution in [0.15, 0.2) is 12.3 Å². The number of aromatic nitrogens is 1. The van der Waals surface area contributed by atoms with Gasteiger partial charge in [0, 0.05) is 18.8 Å². The van der Waals surface area contributed by atoms with Gasteiger partial charge in [-0.2, -0.15) is 5.26 Å². The first-order valence-corrected chi connectivity index (χ1v) is 5.74. The average molecular weight is 217 g/mol. The lowest BCUT2D eigenvalue weighted by molar-refractivity contribution is 0.661. The number of nitriles is 1. The van der Waals surface area contributed by atoms with E-state index in [1.54, 1.807) is 6.20 Å². The second-order valence-electron chi connectivity index (χ2n) is 4.23. The van der Waals surface area contributed by atoms with Gasteiger partial charge in [-0.25, -0.2) is 4.98 Å². The molecule has 0 saturated heterocycles. The molecule has 1 rings (SSSR count). The summed E-state index contributed by atoms with van der Waals surface area (Å²) < 4.78 is 0. The lowest BCUT2D eigenvalue weighted by Gasteiger charge is -2.28. The topological polar surface area (TPSA) is 39.9 Å². The Kier molecular flexibility index (Phi) is 4.30. The lowest BCUT2D eigenvalue weighted by Crippen LogP contribution is -2.33. The highest BCUT2D eigenvalue weighted by molar-refractivity contribution is 5.57. The molecule has 0 spiro atoms. The van der Waals surface area contributed by atoms with Crippen LogP contribution in [0.5, 0.6) is 0 Å². The maximum atomic E-state index is 9.18. The molecular weight excluding hydrogens is 198 g/mol. The minimum atomic E-state index is 0.362. The molecule has 0 saturated carbocycles. The number of rotatable bonds is 4. The Hall–Kier alpha value is -1.56. The van der Waals surface area contributed by atoms with E-state index in [-0.39, 0.29) is 0 Å². The fourth-order valence-electron chi connectivity index (χ4n) is 1.75.